The molecule has 3 N–H and O–H groups in total. The Hall–Kier alpha value is -3.56. The molecule has 0 aromatic heterocycles. The summed E-state index contributed by atoms with van der Waals surface area (Å²) >= 11 is 0. The molecule has 1 aliphatic carbocycles. The van der Waals surface area contributed by atoms with Gasteiger partial charge in [0, 0.05) is 12.5 Å². The molecule has 0 unspecified atom stereocenters. The number of nitrogens with two attached hydrogens (primary N) is 1. The Morgan fingerprint density at radius 1 is 1.16 bits per heavy atom. The zero-order valence-electron chi connectivity index (χ0n) is 17.1. The molecule has 0 saturated heterocycles. The molecule has 0 heterocycles. The Balaban J connectivity index is 1.76. The predicted molar refractivity (Wildman–Crippen MR) is 114 cm³/mol. The maximum Gasteiger partial charge on any atom is 0.344 e. The number of amides is 1. The van der Waals surface area contributed by atoms with Crippen molar-refractivity contribution >= 4 is 23.1 Å². The average molecular weight is 444 g/mol. The minimum absolute atomic E-state index is 0.142. The summed E-state index contributed by atoms with van der Waals surface area (Å²) in [5, 5.41) is 9.40. The summed E-state index contributed by atoms with van der Waals surface area (Å²) in [5.74, 6) is 3.63. The Bertz CT molecular complexity index is 1070. The molecule has 3 rings (SSSR count). The highest BCUT2D eigenvalue weighted by atomic mass is 19.1. The van der Waals surface area contributed by atoms with Crippen molar-refractivity contribution in [3.63, 3.8) is 0 Å². The van der Waals surface area contributed by atoms with E-state index in [0.29, 0.717) is 24.0 Å². The van der Waals surface area contributed by atoms with Crippen LogP contribution < -0.4 is 15.6 Å². The topological polar surface area (TPSA) is 102 Å². The van der Waals surface area contributed by atoms with E-state index in [9.17, 15) is 18.4 Å². The largest absolute Gasteiger partial charge is 0.482 e. The van der Waals surface area contributed by atoms with Crippen molar-refractivity contribution in [3.8, 4) is 5.75 Å². The van der Waals surface area contributed by atoms with Crippen LogP contribution >= 0.6 is 0 Å². The van der Waals surface area contributed by atoms with E-state index < -0.39 is 24.3 Å². The van der Waals surface area contributed by atoms with Crippen LogP contribution in [0.5, 0.6) is 5.75 Å². The van der Waals surface area contributed by atoms with Crippen molar-refractivity contribution < 1.29 is 33.0 Å². The number of esters is 1. The SMILES string of the molecule is NN(C(=O)c1cc(C2=CCCC(F)=C2)ccc1F)c1cccc(OCC(=O)OCCO)c1. The summed E-state index contributed by atoms with van der Waals surface area (Å²) in [6.07, 6.45) is 4.00. The van der Waals surface area contributed by atoms with Gasteiger partial charge < -0.3 is 14.6 Å². The number of benzene rings is 2. The first-order chi connectivity index (χ1) is 15.4. The minimum atomic E-state index is -0.815. The van der Waals surface area contributed by atoms with Gasteiger partial charge in [-0.05, 0) is 47.9 Å². The fourth-order valence-electron chi connectivity index (χ4n) is 3.05. The molecule has 0 radical (unpaired) electrons. The van der Waals surface area contributed by atoms with Gasteiger partial charge in [0.15, 0.2) is 6.61 Å². The van der Waals surface area contributed by atoms with Crippen LogP contribution in [-0.4, -0.2) is 36.8 Å². The zero-order valence-corrected chi connectivity index (χ0v) is 17.1. The van der Waals surface area contributed by atoms with Gasteiger partial charge >= 0.3 is 5.97 Å². The van der Waals surface area contributed by atoms with Crippen LogP contribution in [0.2, 0.25) is 0 Å². The number of aliphatic hydroxyl groups is 1. The molecule has 1 aliphatic rings. The van der Waals surface area contributed by atoms with E-state index in [1.165, 1.54) is 30.3 Å². The third kappa shape index (κ3) is 5.77. The van der Waals surface area contributed by atoms with Gasteiger partial charge in [0.25, 0.3) is 5.91 Å². The lowest BCUT2D eigenvalue weighted by molar-refractivity contribution is -0.146. The van der Waals surface area contributed by atoms with E-state index in [4.69, 9.17) is 20.4 Å². The smallest absolute Gasteiger partial charge is 0.344 e. The maximum absolute atomic E-state index is 14.4. The molecule has 9 heteroatoms. The van der Waals surface area contributed by atoms with Crippen molar-refractivity contribution in [2.75, 3.05) is 24.8 Å². The lowest BCUT2D eigenvalue weighted by Gasteiger charge is -2.19. The van der Waals surface area contributed by atoms with Crippen molar-refractivity contribution in [3.05, 3.63) is 77.4 Å². The molecule has 168 valence electrons. The van der Waals surface area contributed by atoms with Gasteiger partial charge in [-0.15, -0.1) is 0 Å². The van der Waals surface area contributed by atoms with Gasteiger partial charge in [-0.2, -0.15) is 0 Å². The number of aliphatic hydroxyl groups excluding tert-OH is 1. The fourth-order valence-corrected chi connectivity index (χ4v) is 3.05. The van der Waals surface area contributed by atoms with Crippen LogP contribution in [0, 0.1) is 5.82 Å². The first kappa shape index (κ1) is 23.1. The Morgan fingerprint density at radius 2 is 1.97 bits per heavy atom. The minimum Gasteiger partial charge on any atom is -0.482 e. The van der Waals surface area contributed by atoms with Crippen molar-refractivity contribution in [1.82, 2.24) is 0 Å². The molecular formula is C23H22F2N2O5. The molecule has 0 atom stereocenters. The monoisotopic (exact) mass is 444 g/mol. The third-order valence-electron chi connectivity index (χ3n) is 4.62. The molecule has 0 aliphatic heterocycles. The summed E-state index contributed by atoms with van der Waals surface area (Å²) in [6.45, 7) is -0.846. The molecule has 2 aromatic rings. The number of rotatable bonds is 8. The van der Waals surface area contributed by atoms with Crippen molar-refractivity contribution in [2.45, 2.75) is 12.8 Å². The number of hydrogen-bond acceptors (Lipinski definition) is 6. The molecule has 2 aromatic carbocycles. The van der Waals surface area contributed by atoms with Crippen LogP contribution in [0.3, 0.4) is 0 Å². The van der Waals surface area contributed by atoms with Gasteiger partial charge in [0.1, 0.15) is 24.0 Å². The standard InChI is InChI=1S/C23H22F2N2O5/c24-17-4-1-3-15(11-17)16-7-8-21(25)20(12-16)23(30)27(26)18-5-2-6-19(13-18)32-14-22(29)31-10-9-28/h2-3,5-8,11-13,28H,1,4,9-10,14,26H2. The van der Waals surface area contributed by atoms with Crippen LogP contribution in [0.25, 0.3) is 5.57 Å². The second kappa shape index (κ2) is 10.7. The van der Waals surface area contributed by atoms with Gasteiger partial charge in [0.05, 0.1) is 17.9 Å². The van der Waals surface area contributed by atoms with Gasteiger partial charge in [0.2, 0.25) is 0 Å². The van der Waals surface area contributed by atoms with Crippen molar-refractivity contribution in [2.24, 2.45) is 5.84 Å². The predicted octanol–water partition coefficient (Wildman–Crippen LogP) is 3.29. The number of anilines is 1. The second-order valence-electron chi connectivity index (χ2n) is 6.89. The Kier molecular flexibility index (Phi) is 7.69. The molecular weight excluding hydrogens is 422 g/mol. The van der Waals surface area contributed by atoms with E-state index in [1.54, 1.807) is 12.1 Å². The van der Waals surface area contributed by atoms with Gasteiger partial charge in [-0.3, -0.25) is 4.79 Å². The summed E-state index contributed by atoms with van der Waals surface area (Å²) < 4.78 is 38.0. The number of allylic oxidation sites excluding steroid dienone is 4. The Labute approximate surface area is 183 Å². The summed E-state index contributed by atoms with van der Waals surface area (Å²) in [7, 11) is 0. The lowest BCUT2D eigenvalue weighted by Crippen LogP contribution is -2.38. The van der Waals surface area contributed by atoms with Crippen molar-refractivity contribution in [1.29, 1.82) is 0 Å². The first-order valence-corrected chi connectivity index (χ1v) is 9.83. The highest BCUT2D eigenvalue weighted by Gasteiger charge is 2.20. The van der Waals surface area contributed by atoms with E-state index in [0.717, 1.165) is 11.1 Å². The van der Waals surface area contributed by atoms with E-state index >= 15 is 0 Å². The number of carbonyl (C=O) groups is 2. The molecule has 0 bridgehead atoms. The van der Waals surface area contributed by atoms with Gasteiger partial charge in [-0.25, -0.2) is 24.4 Å². The number of carbonyl (C=O) groups excluding carboxylic acids is 2. The van der Waals surface area contributed by atoms with Crippen LogP contribution in [0.1, 0.15) is 28.8 Å². The van der Waals surface area contributed by atoms with E-state index in [1.807, 2.05) is 6.08 Å². The van der Waals surface area contributed by atoms with Crippen LogP contribution in [0.4, 0.5) is 14.5 Å². The van der Waals surface area contributed by atoms with Crippen LogP contribution in [0.15, 0.2) is 60.4 Å². The van der Waals surface area contributed by atoms with Crippen LogP contribution in [-0.2, 0) is 9.53 Å². The zero-order chi connectivity index (χ0) is 23.1. The third-order valence-corrected chi connectivity index (χ3v) is 4.62. The summed E-state index contributed by atoms with van der Waals surface area (Å²) in [6, 6.07) is 9.94. The number of nitrogens with zero attached hydrogens (tertiary/aromatic N) is 1. The highest BCUT2D eigenvalue weighted by Crippen LogP contribution is 2.28. The fraction of sp³-hybridized carbons (Fsp3) is 0.217. The maximum atomic E-state index is 14.4. The average Bonchev–Trinajstić information content (AvgIpc) is 2.81. The molecule has 7 nitrogen and oxygen atoms in total. The van der Waals surface area contributed by atoms with E-state index in [2.05, 4.69) is 0 Å². The number of hydrazine groups is 1. The molecule has 1 amide bonds. The number of halogens is 2. The molecule has 0 spiro atoms. The summed E-state index contributed by atoms with van der Waals surface area (Å²) in [5.41, 5.74) is 0.986. The Morgan fingerprint density at radius 3 is 2.72 bits per heavy atom. The second-order valence-corrected chi connectivity index (χ2v) is 6.89. The van der Waals surface area contributed by atoms with E-state index in [-0.39, 0.29) is 36.0 Å². The highest BCUT2D eigenvalue weighted by molar-refractivity contribution is 6.06. The molecule has 0 saturated carbocycles. The lowest BCUT2D eigenvalue weighted by atomic mass is 9.97. The molecule has 0 fully saturated rings. The summed E-state index contributed by atoms with van der Waals surface area (Å²) in [4.78, 5) is 24.4. The number of hydrogen-bond donors (Lipinski definition) is 2. The first-order valence-electron chi connectivity index (χ1n) is 9.83. The molecule has 32 heavy (non-hydrogen) atoms. The van der Waals surface area contributed by atoms with Gasteiger partial charge in [-0.1, -0.05) is 18.2 Å². The normalized spacial score (nSPS) is 13.1. The quantitative estimate of drug-likeness (QED) is 0.280. The number of ether oxygens (including phenoxy) is 2.